The van der Waals surface area contributed by atoms with Crippen LogP contribution in [0, 0.1) is 0 Å². The van der Waals surface area contributed by atoms with E-state index in [4.69, 9.17) is 10.2 Å². The molecule has 0 fully saturated rings. The van der Waals surface area contributed by atoms with E-state index in [2.05, 4.69) is 11.6 Å². The van der Waals surface area contributed by atoms with Crippen molar-refractivity contribution in [3.8, 4) is 0 Å². The molecule has 4 heteroatoms. The molecule has 0 amide bonds. The third kappa shape index (κ3) is 3.26. The molecule has 0 aliphatic carbocycles. The van der Waals surface area contributed by atoms with Crippen molar-refractivity contribution in [1.29, 1.82) is 0 Å². The van der Waals surface area contributed by atoms with Crippen LogP contribution >= 0.6 is 0 Å². The zero-order valence-electron chi connectivity index (χ0n) is 7.60. The number of hydrogen-bond acceptors (Lipinski definition) is 3. The molecule has 0 radical (unpaired) electrons. The SMILES string of the molecule is C=C(O)Cc1cccc(CC(=O)O)n1. The standard InChI is InChI=1S/C10H11NO3/c1-7(12)5-8-3-2-4-9(11-8)6-10(13)14/h2-4,12H,1,5-6H2,(H,13,14). The van der Waals surface area contributed by atoms with Crippen molar-refractivity contribution in [2.75, 3.05) is 0 Å². The molecule has 1 aromatic heterocycles. The molecule has 74 valence electrons. The number of allylic oxidation sites excluding steroid dienone is 1. The first-order valence-electron chi connectivity index (χ1n) is 4.11. The van der Waals surface area contributed by atoms with Crippen LogP contribution < -0.4 is 0 Å². The largest absolute Gasteiger partial charge is 0.513 e. The van der Waals surface area contributed by atoms with E-state index in [1.165, 1.54) is 0 Å². The van der Waals surface area contributed by atoms with Gasteiger partial charge in [0.05, 0.1) is 17.9 Å². The van der Waals surface area contributed by atoms with Crippen LogP contribution in [0.2, 0.25) is 0 Å². The Labute approximate surface area is 81.5 Å². The normalized spacial score (nSPS) is 9.71. The maximum atomic E-state index is 10.4. The van der Waals surface area contributed by atoms with Gasteiger partial charge in [-0.15, -0.1) is 0 Å². The van der Waals surface area contributed by atoms with Crippen molar-refractivity contribution in [2.24, 2.45) is 0 Å². The monoisotopic (exact) mass is 193 g/mol. The summed E-state index contributed by atoms with van der Waals surface area (Å²) in [5, 5.41) is 17.5. The van der Waals surface area contributed by atoms with E-state index in [0.29, 0.717) is 11.4 Å². The summed E-state index contributed by atoms with van der Waals surface area (Å²) in [5.74, 6) is -0.901. The zero-order valence-corrected chi connectivity index (χ0v) is 7.60. The number of aliphatic hydroxyl groups excluding tert-OH is 1. The van der Waals surface area contributed by atoms with E-state index in [-0.39, 0.29) is 18.6 Å². The van der Waals surface area contributed by atoms with Gasteiger partial charge in [0.2, 0.25) is 0 Å². The molecule has 14 heavy (non-hydrogen) atoms. The predicted octanol–water partition coefficient (Wildman–Crippen LogP) is 1.32. The number of aromatic nitrogens is 1. The summed E-state index contributed by atoms with van der Waals surface area (Å²) in [6.07, 6.45) is 0.152. The fourth-order valence-corrected chi connectivity index (χ4v) is 1.09. The second kappa shape index (κ2) is 4.41. The van der Waals surface area contributed by atoms with Crippen LogP contribution in [-0.2, 0) is 17.6 Å². The quantitative estimate of drug-likeness (QED) is 0.707. The van der Waals surface area contributed by atoms with Gasteiger partial charge in [0, 0.05) is 12.1 Å². The fourth-order valence-electron chi connectivity index (χ4n) is 1.09. The second-order valence-electron chi connectivity index (χ2n) is 2.93. The molecule has 0 aliphatic rings. The summed E-state index contributed by atoms with van der Waals surface area (Å²) in [6, 6.07) is 5.06. The third-order valence-corrected chi connectivity index (χ3v) is 1.58. The van der Waals surface area contributed by atoms with Gasteiger partial charge >= 0.3 is 5.97 Å². The average Bonchev–Trinajstić information content (AvgIpc) is 2.01. The van der Waals surface area contributed by atoms with Crippen molar-refractivity contribution >= 4 is 5.97 Å². The van der Waals surface area contributed by atoms with Gasteiger partial charge in [0.25, 0.3) is 0 Å². The Bertz CT molecular complexity index is 329. The van der Waals surface area contributed by atoms with Gasteiger partial charge < -0.3 is 10.2 Å². The van der Waals surface area contributed by atoms with Gasteiger partial charge in [0.15, 0.2) is 0 Å². The van der Waals surface area contributed by atoms with Gasteiger partial charge in [-0.2, -0.15) is 0 Å². The Morgan fingerprint density at radius 3 is 2.36 bits per heavy atom. The fraction of sp³-hybridized carbons (Fsp3) is 0.200. The molecule has 0 atom stereocenters. The van der Waals surface area contributed by atoms with Gasteiger partial charge in [-0.1, -0.05) is 12.6 Å². The maximum absolute atomic E-state index is 10.4. The van der Waals surface area contributed by atoms with E-state index >= 15 is 0 Å². The molecule has 0 saturated heterocycles. The molecular formula is C10H11NO3. The highest BCUT2D eigenvalue weighted by Gasteiger charge is 2.03. The molecule has 0 saturated carbocycles. The highest BCUT2D eigenvalue weighted by atomic mass is 16.4. The van der Waals surface area contributed by atoms with E-state index in [1.54, 1.807) is 18.2 Å². The van der Waals surface area contributed by atoms with Crippen molar-refractivity contribution in [2.45, 2.75) is 12.8 Å². The van der Waals surface area contributed by atoms with E-state index in [9.17, 15) is 4.79 Å². The van der Waals surface area contributed by atoms with Crippen LogP contribution in [0.4, 0.5) is 0 Å². The van der Waals surface area contributed by atoms with Crippen LogP contribution in [0.5, 0.6) is 0 Å². The number of rotatable bonds is 4. The number of pyridine rings is 1. The summed E-state index contributed by atoms with van der Waals surface area (Å²) < 4.78 is 0. The van der Waals surface area contributed by atoms with Crippen LogP contribution in [0.1, 0.15) is 11.4 Å². The first kappa shape index (κ1) is 10.2. The molecule has 0 spiro atoms. The van der Waals surface area contributed by atoms with Gasteiger partial charge in [0.1, 0.15) is 0 Å². The van der Waals surface area contributed by atoms with E-state index in [1.807, 2.05) is 0 Å². The Hall–Kier alpha value is -1.84. The topological polar surface area (TPSA) is 70.4 Å². The summed E-state index contributed by atoms with van der Waals surface area (Å²) in [5.41, 5.74) is 1.10. The van der Waals surface area contributed by atoms with E-state index < -0.39 is 5.97 Å². The predicted molar refractivity (Wildman–Crippen MR) is 51.0 cm³/mol. The lowest BCUT2D eigenvalue weighted by molar-refractivity contribution is -0.136. The molecular weight excluding hydrogens is 182 g/mol. The molecule has 1 aromatic rings. The molecule has 0 aromatic carbocycles. The molecule has 2 N–H and O–H groups in total. The minimum atomic E-state index is -0.919. The average molecular weight is 193 g/mol. The maximum Gasteiger partial charge on any atom is 0.309 e. The van der Waals surface area contributed by atoms with Crippen molar-refractivity contribution in [1.82, 2.24) is 4.98 Å². The lowest BCUT2D eigenvalue weighted by atomic mass is 10.2. The highest BCUT2D eigenvalue weighted by Crippen LogP contribution is 2.04. The van der Waals surface area contributed by atoms with Gasteiger partial charge in [-0.05, 0) is 12.1 Å². The minimum absolute atomic E-state index is 0.0185. The van der Waals surface area contributed by atoms with Gasteiger partial charge in [-0.25, -0.2) is 0 Å². The summed E-state index contributed by atoms with van der Waals surface area (Å²) >= 11 is 0. The number of nitrogens with zero attached hydrogens (tertiary/aromatic N) is 1. The first-order valence-corrected chi connectivity index (χ1v) is 4.11. The molecule has 0 unspecified atom stereocenters. The molecule has 1 rings (SSSR count). The second-order valence-corrected chi connectivity index (χ2v) is 2.93. The smallest absolute Gasteiger partial charge is 0.309 e. The highest BCUT2D eigenvalue weighted by molar-refractivity contribution is 5.69. The number of aliphatic hydroxyl groups is 1. The zero-order chi connectivity index (χ0) is 10.6. The number of hydrogen-bond donors (Lipinski definition) is 2. The Kier molecular flexibility index (Phi) is 3.23. The van der Waals surface area contributed by atoms with Crippen molar-refractivity contribution in [3.05, 3.63) is 41.9 Å². The molecule has 1 heterocycles. The van der Waals surface area contributed by atoms with Gasteiger partial charge in [-0.3, -0.25) is 9.78 Å². The number of carboxylic acid groups (broad SMARTS) is 1. The number of carbonyl (C=O) groups is 1. The number of aliphatic carboxylic acids is 1. The van der Waals surface area contributed by atoms with E-state index in [0.717, 1.165) is 0 Å². The third-order valence-electron chi connectivity index (χ3n) is 1.58. The molecule has 4 nitrogen and oxygen atoms in total. The summed E-state index contributed by atoms with van der Waals surface area (Å²) in [6.45, 7) is 3.34. The van der Waals surface area contributed by atoms with Crippen LogP contribution in [0.25, 0.3) is 0 Å². The summed E-state index contributed by atoms with van der Waals surface area (Å²) in [4.78, 5) is 14.4. The lowest BCUT2D eigenvalue weighted by Crippen LogP contribution is -2.04. The Balaban J connectivity index is 2.78. The minimum Gasteiger partial charge on any atom is -0.513 e. The van der Waals surface area contributed by atoms with Crippen molar-refractivity contribution < 1.29 is 15.0 Å². The van der Waals surface area contributed by atoms with Crippen LogP contribution in [0.15, 0.2) is 30.5 Å². The molecule has 0 bridgehead atoms. The lowest BCUT2D eigenvalue weighted by Gasteiger charge is -2.01. The Morgan fingerprint density at radius 1 is 1.29 bits per heavy atom. The van der Waals surface area contributed by atoms with Crippen molar-refractivity contribution in [3.63, 3.8) is 0 Å². The first-order chi connectivity index (χ1) is 6.58. The number of carboxylic acids is 1. The van der Waals surface area contributed by atoms with Crippen LogP contribution in [0.3, 0.4) is 0 Å². The molecule has 0 aliphatic heterocycles. The Morgan fingerprint density at radius 2 is 1.86 bits per heavy atom. The summed E-state index contributed by atoms with van der Waals surface area (Å²) in [7, 11) is 0. The van der Waals surface area contributed by atoms with Crippen LogP contribution in [-0.4, -0.2) is 21.2 Å².